The van der Waals surface area contributed by atoms with Crippen molar-refractivity contribution in [3.63, 3.8) is 0 Å². The van der Waals surface area contributed by atoms with Crippen LogP contribution in [0.15, 0.2) is 42.6 Å². The second-order valence-corrected chi connectivity index (χ2v) is 5.72. The summed E-state index contributed by atoms with van der Waals surface area (Å²) in [5.74, 6) is 1.80. The predicted octanol–water partition coefficient (Wildman–Crippen LogP) is 4.91. The summed E-state index contributed by atoms with van der Waals surface area (Å²) in [6, 6.07) is 11.8. The minimum atomic E-state index is 0.0203. The van der Waals surface area contributed by atoms with E-state index in [1.165, 1.54) is 0 Å². The number of hydrogen-bond donors (Lipinski definition) is 0. The Kier molecular flexibility index (Phi) is 4.11. The maximum atomic E-state index is 5.96. The lowest BCUT2D eigenvalue weighted by Crippen LogP contribution is -2.12. The number of nitrogens with zero attached hydrogens (tertiary/aromatic N) is 1. The third-order valence-corrected chi connectivity index (χ3v) is 3.18. The number of pyridine rings is 1. The summed E-state index contributed by atoms with van der Waals surface area (Å²) in [6.45, 7) is 6.49. The summed E-state index contributed by atoms with van der Waals surface area (Å²) < 4.78 is 5.96. The number of ether oxygens (including phenoxy) is 1. The summed E-state index contributed by atoms with van der Waals surface area (Å²) in [5, 5.41) is 0. The van der Waals surface area contributed by atoms with Gasteiger partial charge in [-0.05, 0) is 17.5 Å². The van der Waals surface area contributed by atoms with Gasteiger partial charge in [-0.1, -0.05) is 45.0 Å². The van der Waals surface area contributed by atoms with Crippen LogP contribution < -0.4 is 4.74 Å². The van der Waals surface area contributed by atoms with Gasteiger partial charge in [-0.25, -0.2) is 4.98 Å². The van der Waals surface area contributed by atoms with Gasteiger partial charge in [0, 0.05) is 17.3 Å². The average Bonchev–Trinajstić information content (AvgIpc) is 2.39. The lowest BCUT2D eigenvalue weighted by molar-refractivity contribution is 0.436. The van der Waals surface area contributed by atoms with Crippen LogP contribution in [0.4, 0.5) is 0 Å². The van der Waals surface area contributed by atoms with Crippen molar-refractivity contribution in [1.29, 1.82) is 0 Å². The van der Waals surface area contributed by atoms with Crippen molar-refractivity contribution >= 4 is 11.6 Å². The minimum absolute atomic E-state index is 0.0203. The smallest absolute Gasteiger partial charge is 0.223 e. The molecule has 0 amide bonds. The molecule has 0 saturated heterocycles. The fraction of sp³-hybridized carbons (Fsp3) is 0.312. The van der Waals surface area contributed by atoms with E-state index in [1.807, 2.05) is 30.3 Å². The highest BCUT2D eigenvalue weighted by atomic mass is 35.5. The second-order valence-electron chi connectivity index (χ2n) is 5.45. The predicted molar refractivity (Wildman–Crippen MR) is 79.0 cm³/mol. The Labute approximate surface area is 119 Å². The first-order chi connectivity index (χ1) is 9.02. The van der Waals surface area contributed by atoms with Gasteiger partial charge in [0.1, 0.15) is 5.75 Å². The molecular weight excluding hydrogens is 258 g/mol. The fourth-order valence-corrected chi connectivity index (χ4v) is 2.10. The molecular formula is C16H18ClNO. The van der Waals surface area contributed by atoms with Crippen molar-refractivity contribution < 1.29 is 4.74 Å². The Hall–Kier alpha value is -1.54. The highest BCUT2D eigenvalue weighted by Crippen LogP contribution is 2.34. The second kappa shape index (κ2) is 5.62. The van der Waals surface area contributed by atoms with E-state index in [4.69, 9.17) is 16.3 Å². The number of halogens is 1. The van der Waals surface area contributed by atoms with E-state index in [2.05, 4.69) is 31.8 Å². The van der Waals surface area contributed by atoms with Crippen LogP contribution in [0, 0.1) is 0 Å². The number of hydrogen-bond acceptors (Lipinski definition) is 2. The van der Waals surface area contributed by atoms with Crippen LogP contribution >= 0.6 is 11.6 Å². The Morgan fingerprint density at radius 1 is 1.11 bits per heavy atom. The van der Waals surface area contributed by atoms with E-state index in [-0.39, 0.29) is 5.41 Å². The molecule has 2 rings (SSSR count). The summed E-state index contributed by atoms with van der Waals surface area (Å²) in [7, 11) is 0. The zero-order chi connectivity index (χ0) is 13.9. The topological polar surface area (TPSA) is 22.1 Å². The minimum Gasteiger partial charge on any atom is -0.438 e. The van der Waals surface area contributed by atoms with E-state index in [0.29, 0.717) is 11.8 Å². The molecule has 0 aliphatic rings. The first-order valence-electron chi connectivity index (χ1n) is 6.29. The SMILES string of the molecule is CC(C)(C)c1ccccc1Oc1ncccc1CCl. The van der Waals surface area contributed by atoms with Crippen LogP contribution in [-0.2, 0) is 11.3 Å². The maximum absolute atomic E-state index is 5.96. The highest BCUT2D eigenvalue weighted by molar-refractivity contribution is 6.17. The first kappa shape index (κ1) is 13.9. The molecule has 0 aliphatic carbocycles. The van der Waals surface area contributed by atoms with Crippen molar-refractivity contribution in [3.8, 4) is 11.6 Å². The van der Waals surface area contributed by atoms with Crippen molar-refractivity contribution in [3.05, 3.63) is 53.7 Å². The van der Waals surface area contributed by atoms with Gasteiger partial charge in [-0.2, -0.15) is 0 Å². The molecule has 0 N–H and O–H groups in total. The molecule has 0 saturated carbocycles. The quantitative estimate of drug-likeness (QED) is 0.743. The van der Waals surface area contributed by atoms with Crippen LogP contribution in [0.3, 0.4) is 0 Å². The van der Waals surface area contributed by atoms with Crippen molar-refractivity contribution in [2.45, 2.75) is 32.1 Å². The number of aromatic nitrogens is 1. The summed E-state index contributed by atoms with van der Waals surface area (Å²) in [6.07, 6.45) is 1.71. The molecule has 1 heterocycles. The summed E-state index contributed by atoms with van der Waals surface area (Å²) in [5.41, 5.74) is 2.07. The van der Waals surface area contributed by atoms with E-state index in [0.717, 1.165) is 16.9 Å². The fourth-order valence-electron chi connectivity index (χ4n) is 1.90. The van der Waals surface area contributed by atoms with E-state index < -0.39 is 0 Å². The van der Waals surface area contributed by atoms with E-state index >= 15 is 0 Å². The van der Waals surface area contributed by atoms with E-state index in [1.54, 1.807) is 6.20 Å². The van der Waals surface area contributed by atoms with Crippen molar-refractivity contribution in [1.82, 2.24) is 4.98 Å². The molecule has 100 valence electrons. The lowest BCUT2D eigenvalue weighted by atomic mass is 9.86. The van der Waals surface area contributed by atoms with Gasteiger partial charge < -0.3 is 4.74 Å². The first-order valence-corrected chi connectivity index (χ1v) is 6.83. The molecule has 2 nitrogen and oxygen atoms in total. The Morgan fingerprint density at radius 2 is 1.84 bits per heavy atom. The standard InChI is InChI=1S/C16H18ClNO/c1-16(2,3)13-8-4-5-9-14(13)19-15-12(11-17)7-6-10-18-15/h4-10H,11H2,1-3H3. The average molecular weight is 276 g/mol. The van der Waals surface area contributed by atoms with Gasteiger partial charge in [0.2, 0.25) is 5.88 Å². The highest BCUT2D eigenvalue weighted by Gasteiger charge is 2.19. The lowest BCUT2D eigenvalue weighted by Gasteiger charge is -2.22. The molecule has 2 aromatic rings. The van der Waals surface area contributed by atoms with Crippen LogP contribution in [0.5, 0.6) is 11.6 Å². The molecule has 1 aromatic carbocycles. The van der Waals surface area contributed by atoms with Crippen molar-refractivity contribution in [2.24, 2.45) is 0 Å². The van der Waals surface area contributed by atoms with Gasteiger partial charge in [-0.15, -0.1) is 11.6 Å². The largest absolute Gasteiger partial charge is 0.438 e. The van der Waals surface area contributed by atoms with Crippen LogP contribution in [0.2, 0.25) is 0 Å². The molecule has 0 fully saturated rings. The van der Waals surface area contributed by atoms with Gasteiger partial charge >= 0.3 is 0 Å². The number of benzene rings is 1. The zero-order valence-electron chi connectivity index (χ0n) is 11.5. The number of alkyl halides is 1. The van der Waals surface area contributed by atoms with Crippen LogP contribution in [0.25, 0.3) is 0 Å². The van der Waals surface area contributed by atoms with Crippen LogP contribution in [-0.4, -0.2) is 4.98 Å². The number of rotatable bonds is 3. The molecule has 0 radical (unpaired) electrons. The van der Waals surface area contributed by atoms with Gasteiger partial charge in [0.25, 0.3) is 0 Å². The molecule has 1 aromatic heterocycles. The maximum Gasteiger partial charge on any atom is 0.223 e. The third kappa shape index (κ3) is 3.27. The van der Waals surface area contributed by atoms with Gasteiger partial charge in [0.15, 0.2) is 0 Å². The molecule has 0 atom stereocenters. The monoisotopic (exact) mass is 275 g/mol. The molecule has 3 heteroatoms. The normalized spacial score (nSPS) is 11.4. The Balaban J connectivity index is 2.39. The van der Waals surface area contributed by atoms with Gasteiger partial charge in [0.05, 0.1) is 5.88 Å². The Morgan fingerprint density at radius 3 is 2.53 bits per heavy atom. The Bertz CT molecular complexity index is 561. The summed E-state index contributed by atoms with van der Waals surface area (Å²) >= 11 is 5.91. The molecule has 0 aliphatic heterocycles. The van der Waals surface area contributed by atoms with Crippen LogP contribution in [0.1, 0.15) is 31.9 Å². The molecule has 0 bridgehead atoms. The molecule has 0 unspecified atom stereocenters. The summed E-state index contributed by atoms with van der Waals surface area (Å²) in [4.78, 5) is 4.26. The number of para-hydroxylation sites is 1. The molecule has 0 spiro atoms. The molecule has 19 heavy (non-hydrogen) atoms. The van der Waals surface area contributed by atoms with E-state index in [9.17, 15) is 0 Å². The van der Waals surface area contributed by atoms with Gasteiger partial charge in [-0.3, -0.25) is 0 Å². The van der Waals surface area contributed by atoms with Crippen molar-refractivity contribution in [2.75, 3.05) is 0 Å². The zero-order valence-corrected chi connectivity index (χ0v) is 12.2. The third-order valence-electron chi connectivity index (χ3n) is 2.90.